The number of hydrogen-bond acceptors (Lipinski definition) is 3. The number of pyridine rings is 1. The predicted octanol–water partition coefficient (Wildman–Crippen LogP) is 3.01. The van der Waals surface area contributed by atoms with Crippen LogP contribution in [0, 0.1) is 0 Å². The summed E-state index contributed by atoms with van der Waals surface area (Å²) in [6, 6.07) is 12.0. The standard InChI is InChI=1S/C20H21N5O/c26-20(23-13-15-7-9-21-10-8-15)24-19-17-4-2-1-3-16(17)5-6-18(19)25-12-11-22-14-25/h1-4,7-12,14,18-19H,5-6,13H2,(H2,23,24,26)/t18-,19+/m0/s1. The lowest BCUT2D eigenvalue weighted by Gasteiger charge is -2.35. The fraction of sp³-hybridized carbons (Fsp3) is 0.250. The van der Waals surface area contributed by atoms with E-state index in [4.69, 9.17) is 0 Å². The average molecular weight is 347 g/mol. The van der Waals surface area contributed by atoms with Crippen LogP contribution in [-0.2, 0) is 13.0 Å². The molecule has 3 aromatic rings. The number of benzene rings is 1. The summed E-state index contributed by atoms with van der Waals surface area (Å²) in [5.41, 5.74) is 3.49. The van der Waals surface area contributed by atoms with E-state index in [-0.39, 0.29) is 18.1 Å². The monoisotopic (exact) mass is 347 g/mol. The second kappa shape index (κ2) is 7.39. The number of imidazole rings is 1. The van der Waals surface area contributed by atoms with Gasteiger partial charge in [0, 0.05) is 31.3 Å². The Hall–Kier alpha value is -3.15. The quantitative estimate of drug-likeness (QED) is 0.762. The number of nitrogens with one attached hydrogen (secondary N) is 2. The molecule has 2 atom stereocenters. The first-order chi connectivity index (χ1) is 12.8. The van der Waals surface area contributed by atoms with E-state index in [9.17, 15) is 4.79 Å². The van der Waals surface area contributed by atoms with Gasteiger partial charge >= 0.3 is 6.03 Å². The van der Waals surface area contributed by atoms with Crippen molar-refractivity contribution in [2.75, 3.05) is 0 Å². The molecule has 1 aliphatic rings. The van der Waals surface area contributed by atoms with Gasteiger partial charge in [-0.2, -0.15) is 0 Å². The van der Waals surface area contributed by atoms with Gasteiger partial charge in [-0.1, -0.05) is 24.3 Å². The maximum absolute atomic E-state index is 12.5. The molecule has 0 aliphatic heterocycles. The first kappa shape index (κ1) is 16.3. The predicted molar refractivity (Wildman–Crippen MR) is 98.4 cm³/mol. The maximum atomic E-state index is 12.5. The summed E-state index contributed by atoms with van der Waals surface area (Å²) in [7, 11) is 0. The van der Waals surface area contributed by atoms with Gasteiger partial charge in [0.25, 0.3) is 0 Å². The van der Waals surface area contributed by atoms with Crippen molar-refractivity contribution in [1.82, 2.24) is 25.2 Å². The third-order valence-corrected chi connectivity index (χ3v) is 4.88. The molecule has 2 amide bonds. The van der Waals surface area contributed by atoms with Gasteiger partial charge in [0.05, 0.1) is 18.4 Å². The minimum absolute atomic E-state index is 0.0911. The van der Waals surface area contributed by atoms with Crippen LogP contribution in [0.4, 0.5) is 4.79 Å². The molecule has 0 radical (unpaired) electrons. The maximum Gasteiger partial charge on any atom is 0.315 e. The van der Waals surface area contributed by atoms with Crippen molar-refractivity contribution in [1.29, 1.82) is 0 Å². The number of hydrogen-bond donors (Lipinski definition) is 2. The molecule has 2 aromatic heterocycles. The molecule has 1 aliphatic carbocycles. The van der Waals surface area contributed by atoms with Crippen LogP contribution >= 0.6 is 0 Å². The molecule has 0 spiro atoms. The molecule has 6 heteroatoms. The minimum atomic E-state index is -0.173. The smallest absolute Gasteiger partial charge is 0.315 e. The second-order valence-electron chi connectivity index (χ2n) is 6.47. The van der Waals surface area contributed by atoms with Gasteiger partial charge in [-0.05, 0) is 41.7 Å². The second-order valence-corrected chi connectivity index (χ2v) is 6.47. The zero-order valence-corrected chi connectivity index (χ0v) is 14.4. The fourth-order valence-electron chi connectivity index (χ4n) is 3.58. The number of aryl methyl sites for hydroxylation is 1. The molecule has 6 nitrogen and oxygen atoms in total. The Morgan fingerprint density at radius 2 is 1.96 bits per heavy atom. The Morgan fingerprint density at radius 1 is 1.12 bits per heavy atom. The van der Waals surface area contributed by atoms with Gasteiger partial charge in [-0.3, -0.25) is 4.98 Å². The molecule has 1 aromatic carbocycles. The van der Waals surface area contributed by atoms with E-state index in [1.807, 2.05) is 30.7 Å². The van der Waals surface area contributed by atoms with E-state index in [0.717, 1.165) is 18.4 Å². The van der Waals surface area contributed by atoms with Crippen LogP contribution in [-0.4, -0.2) is 20.6 Å². The van der Waals surface area contributed by atoms with Crippen molar-refractivity contribution in [2.45, 2.75) is 31.5 Å². The number of carbonyl (C=O) groups excluding carboxylic acids is 1. The average Bonchev–Trinajstić information content (AvgIpc) is 3.22. The Labute approximate surface area is 152 Å². The highest BCUT2D eigenvalue weighted by atomic mass is 16.2. The molecule has 0 bridgehead atoms. The topological polar surface area (TPSA) is 71.8 Å². The van der Waals surface area contributed by atoms with E-state index < -0.39 is 0 Å². The van der Waals surface area contributed by atoms with Gasteiger partial charge in [-0.25, -0.2) is 9.78 Å². The third-order valence-electron chi connectivity index (χ3n) is 4.88. The van der Waals surface area contributed by atoms with Crippen LogP contribution in [0.1, 0.15) is 35.2 Å². The molecule has 0 saturated carbocycles. The number of rotatable bonds is 4. The minimum Gasteiger partial charge on any atom is -0.334 e. The summed E-state index contributed by atoms with van der Waals surface area (Å²) >= 11 is 0. The summed E-state index contributed by atoms with van der Waals surface area (Å²) < 4.78 is 2.09. The van der Waals surface area contributed by atoms with Crippen molar-refractivity contribution in [3.63, 3.8) is 0 Å². The lowest BCUT2D eigenvalue weighted by atomic mass is 9.84. The van der Waals surface area contributed by atoms with E-state index >= 15 is 0 Å². The van der Waals surface area contributed by atoms with Gasteiger partial charge in [0.15, 0.2) is 0 Å². The molecular formula is C20H21N5O. The largest absolute Gasteiger partial charge is 0.334 e. The summed E-state index contributed by atoms with van der Waals surface area (Å²) in [6.07, 6.45) is 11.0. The van der Waals surface area contributed by atoms with Gasteiger partial charge in [0.2, 0.25) is 0 Å². The number of aromatic nitrogens is 3. The zero-order chi connectivity index (χ0) is 17.8. The summed E-state index contributed by atoms with van der Waals surface area (Å²) in [6.45, 7) is 0.471. The normalized spacial score (nSPS) is 18.8. The Balaban J connectivity index is 1.52. The Morgan fingerprint density at radius 3 is 2.77 bits per heavy atom. The number of carbonyl (C=O) groups is 1. The fourth-order valence-corrected chi connectivity index (χ4v) is 3.58. The summed E-state index contributed by atoms with van der Waals surface area (Å²) in [5.74, 6) is 0. The van der Waals surface area contributed by atoms with Crippen LogP contribution in [0.25, 0.3) is 0 Å². The van der Waals surface area contributed by atoms with Gasteiger partial charge in [-0.15, -0.1) is 0 Å². The molecule has 2 N–H and O–H groups in total. The van der Waals surface area contributed by atoms with Crippen LogP contribution in [0.2, 0.25) is 0 Å². The summed E-state index contributed by atoms with van der Waals surface area (Å²) in [5, 5.41) is 6.11. The highest BCUT2D eigenvalue weighted by molar-refractivity contribution is 5.74. The number of fused-ring (bicyclic) bond motifs is 1. The molecule has 0 unspecified atom stereocenters. The third kappa shape index (κ3) is 3.44. The lowest BCUT2D eigenvalue weighted by Crippen LogP contribution is -2.42. The molecular weight excluding hydrogens is 326 g/mol. The lowest BCUT2D eigenvalue weighted by molar-refractivity contribution is 0.227. The van der Waals surface area contributed by atoms with Gasteiger partial charge in [0.1, 0.15) is 0 Å². The molecule has 0 fully saturated rings. The van der Waals surface area contributed by atoms with Crippen molar-refractivity contribution in [3.05, 3.63) is 84.2 Å². The van der Waals surface area contributed by atoms with Crippen LogP contribution in [0.5, 0.6) is 0 Å². The Kier molecular flexibility index (Phi) is 4.64. The van der Waals surface area contributed by atoms with Crippen molar-refractivity contribution < 1.29 is 4.79 Å². The van der Waals surface area contributed by atoms with E-state index in [1.54, 1.807) is 18.6 Å². The summed E-state index contributed by atoms with van der Waals surface area (Å²) in [4.78, 5) is 20.7. The molecule has 132 valence electrons. The van der Waals surface area contributed by atoms with Crippen LogP contribution < -0.4 is 10.6 Å². The van der Waals surface area contributed by atoms with Crippen molar-refractivity contribution >= 4 is 6.03 Å². The highest BCUT2D eigenvalue weighted by Gasteiger charge is 2.31. The van der Waals surface area contributed by atoms with Crippen molar-refractivity contribution in [3.8, 4) is 0 Å². The Bertz CT molecular complexity index is 863. The molecule has 2 heterocycles. The van der Waals surface area contributed by atoms with E-state index in [1.165, 1.54) is 11.1 Å². The van der Waals surface area contributed by atoms with E-state index in [0.29, 0.717) is 6.54 Å². The van der Waals surface area contributed by atoms with Crippen LogP contribution in [0.3, 0.4) is 0 Å². The number of urea groups is 1. The van der Waals surface area contributed by atoms with Crippen LogP contribution in [0.15, 0.2) is 67.5 Å². The molecule has 26 heavy (non-hydrogen) atoms. The molecule has 4 rings (SSSR count). The van der Waals surface area contributed by atoms with E-state index in [2.05, 4.69) is 43.4 Å². The number of nitrogens with zero attached hydrogens (tertiary/aromatic N) is 3. The molecule has 0 saturated heterocycles. The first-order valence-corrected chi connectivity index (χ1v) is 8.80. The van der Waals surface area contributed by atoms with Crippen molar-refractivity contribution in [2.24, 2.45) is 0 Å². The van der Waals surface area contributed by atoms with Gasteiger partial charge < -0.3 is 15.2 Å². The first-order valence-electron chi connectivity index (χ1n) is 8.80. The zero-order valence-electron chi connectivity index (χ0n) is 14.4. The highest BCUT2D eigenvalue weighted by Crippen LogP contribution is 2.37. The SMILES string of the molecule is O=C(NCc1ccncc1)N[C@@H]1c2ccccc2CC[C@@H]1n1ccnc1. The number of amides is 2.